The Morgan fingerprint density at radius 3 is 1.17 bits per heavy atom. The van der Waals surface area contributed by atoms with Crippen molar-refractivity contribution < 1.29 is 49.1 Å². The third-order valence-electron chi connectivity index (χ3n) is 2.28. The third-order valence-corrected chi connectivity index (χ3v) is 2.28. The van der Waals surface area contributed by atoms with Crippen LogP contribution in [0.4, 0.5) is 0 Å². The van der Waals surface area contributed by atoms with Gasteiger partial charge >= 0.3 is 0 Å². The van der Waals surface area contributed by atoms with Crippen LogP contribution in [0.25, 0.3) is 0 Å². The maximum absolute atomic E-state index is 10.7. The first-order chi connectivity index (χ1) is 10.7. The molecule has 0 bridgehead atoms. The normalized spacial score (nSPS) is 7.67. The Hall–Kier alpha value is -2.20. The summed E-state index contributed by atoms with van der Waals surface area (Å²) in [6.45, 7) is 0. The zero-order valence-electron chi connectivity index (χ0n) is 12.8. The molecule has 0 saturated heterocycles. The van der Waals surface area contributed by atoms with Crippen molar-refractivity contribution in [2.24, 2.45) is 0 Å². The van der Waals surface area contributed by atoms with E-state index in [1.165, 1.54) is 0 Å². The molecule has 0 aromatic heterocycles. The van der Waals surface area contributed by atoms with Crippen LogP contribution in [0.15, 0.2) is 60.7 Å². The van der Waals surface area contributed by atoms with Gasteiger partial charge in [0.2, 0.25) is 0 Å². The molecule has 24 heavy (non-hydrogen) atoms. The van der Waals surface area contributed by atoms with Crippen LogP contribution in [0.2, 0.25) is 0 Å². The van der Waals surface area contributed by atoms with Crippen LogP contribution in [0.1, 0.15) is 20.7 Å². The molecular formula is C15H18N2O6V-2. The van der Waals surface area contributed by atoms with E-state index in [9.17, 15) is 9.59 Å². The first kappa shape index (κ1) is 26.7. The molecule has 0 aliphatic carbocycles. The Bertz CT molecular complexity index is 503. The Labute approximate surface area is 151 Å². The summed E-state index contributed by atoms with van der Waals surface area (Å²) in [6, 6.07) is 17.0. The van der Waals surface area contributed by atoms with Gasteiger partial charge in [0.25, 0.3) is 11.8 Å². The van der Waals surface area contributed by atoms with E-state index in [1.54, 1.807) is 71.6 Å². The number of rotatable bonds is 2. The quantitative estimate of drug-likeness (QED) is 0.395. The van der Waals surface area contributed by atoms with Crippen LogP contribution in [0, 0.1) is 0 Å². The van der Waals surface area contributed by atoms with Crippen LogP contribution in [0.5, 0.6) is 0 Å². The van der Waals surface area contributed by atoms with Gasteiger partial charge in [0.1, 0.15) is 0 Å². The van der Waals surface area contributed by atoms with Gasteiger partial charge in [-0.2, -0.15) is 0 Å². The molecule has 0 aliphatic heterocycles. The maximum Gasteiger partial charge on any atom is 0.274 e. The summed E-state index contributed by atoms with van der Waals surface area (Å²) in [5.74, 6) is -0.971. The van der Waals surface area contributed by atoms with E-state index in [1.807, 2.05) is 0 Å². The van der Waals surface area contributed by atoms with Gasteiger partial charge in [-0.1, -0.05) is 36.4 Å². The third kappa shape index (κ3) is 10.5. The molecule has 0 fully saturated rings. The van der Waals surface area contributed by atoms with Gasteiger partial charge in [-0.3, -0.25) is 20.0 Å². The molecule has 0 saturated carbocycles. The summed E-state index contributed by atoms with van der Waals surface area (Å²) in [5.41, 5.74) is 3.98. The molecule has 2 aromatic rings. The smallest absolute Gasteiger partial charge is 0.274 e. The second-order valence-corrected chi connectivity index (χ2v) is 3.61. The number of benzene rings is 2. The summed E-state index contributed by atoms with van der Waals surface area (Å²) in [7, 11) is 1.00. The monoisotopic (exact) mass is 373 g/mol. The number of hydrogen-bond acceptors (Lipinski definition) is 5. The minimum Gasteiger partial charge on any atom is -2.00 e. The molecule has 8 nitrogen and oxygen atoms in total. The minimum absolute atomic E-state index is 0. The molecule has 0 unspecified atom stereocenters. The van der Waals surface area contributed by atoms with E-state index in [4.69, 9.17) is 15.5 Å². The van der Waals surface area contributed by atoms with E-state index in [0.717, 1.165) is 7.11 Å². The average Bonchev–Trinajstić information content (AvgIpc) is 2.64. The van der Waals surface area contributed by atoms with Crippen molar-refractivity contribution in [1.82, 2.24) is 11.0 Å². The van der Waals surface area contributed by atoms with Crippen molar-refractivity contribution in [2.45, 2.75) is 0 Å². The fraction of sp³-hybridized carbons (Fsp3) is 0.0667. The number of hydroxylamine groups is 2. The number of carbonyl (C=O) groups is 2. The second-order valence-electron chi connectivity index (χ2n) is 3.61. The molecule has 9 heteroatoms. The Kier molecular flexibility index (Phi) is 19.1. The number of carbonyl (C=O) groups excluding carboxylic acids is 2. The maximum atomic E-state index is 10.7. The van der Waals surface area contributed by atoms with Crippen molar-refractivity contribution in [1.29, 1.82) is 0 Å². The molecule has 2 aromatic carbocycles. The molecular weight excluding hydrogens is 355 g/mol. The van der Waals surface area contributed by atoms with Crippen LogP contribution in [-0.4, -0.2) is 34.4 Å². The van der Waals surface area contributed by atoms with Gasteiger partial charge in [0, 0.05) is 36.8 Å². The Morgan fingerprint density at radius 2 is 0.958 bits per heavy atom. The standard InChI is InChI=1S/2C7H7NO2.CH4O.O.V/c2*9-7(8-10)6-4-2-1-3-5-6;1-2;;/h2*1-5,10H,(H,8,9);2H,1H3;;/q;;;-2;. The molecule has 0 atom stereocenters. The van der Waals surface area contributed by atoms with Crippen molar-refractivity contribution in [3.05, 3.63) is 71.8 Å². The van der Waals surface area contributed by atoms with Gasteiger partial charge in [-0.05, 0) is 24.3 Å². The predicted octanol–water partition coefficient (Wildman–Crippen LogP) is 1.10. The minimum atomic E-state index is -0.486. The zero-order valence-corrected chi connectivity index (χ0v) is 14.2. The second kappa shape index (κ2) is 17.2. The fourth-order valence-electron chi connectivity index (χ4n) is 1.31. The van der Waals surface area contributed by atoms with Crippen molar-refractivity contribution in [2.75, 3.05) is 7.11 Å². The molecule has 2 rings (SSSR count). The van der Waals surface area contributed by atoms with Gasteiger partial charge in [-0.15, -0.1) is 0 Å². The molecule has 131 valence electrons. The summed E-state index contributed by atoms with van der Waals surface area (Å²) in [6.07, 6.45) is 0. The first-order valence-electron chi connectivity index (χ1n) is 6.12. The largest absolute Gasteiger partial charge is 2.00 e. The fourth-order valence-corrected chi connectivity index (χ4v) is 1.31. The van der Waals surface area contributed by atoms with Gasteiger partial charge < -0.3 is 10.6 Å². The first-order valence-corrected chi connectivity index (χ1v) is 6.12. The van der Waals surface area contributed by atoms with Gasteiger partial charge in [0.05, 0.1) is 0 Å². The molecule has 2 amide bonds. The van der Waals surface area contributed by atoms with Crippen LogP contribution in [-0.2, 0) is 24.0 Å². The summed E-state index contributed by atoms with van der Waals surface area (Å²) in [5, 5.41) is 23.4. The van der Waals surface area contributed by atoms with E-state index < -0.39 is 11.8 Å². The molecule has 1 radical (unpaired) electrons. The van der Waals surface area contributed by atoms with Crippen molar-refractivity contribution >= 4 is 11.8 Å². The molecule has 0 spiro atoms. The average molecular weight is 373 g/mol. The van der Waals surface area contributed by atoms with Crippen LogP contribution < -0.4 is 11.0 Å². The van der Waals surface area contributed by atoms with Crippen LogP contribution in [0.3, 0.4) is 0 Å². The van der Waals surface area contributed by atoms with Crippen molar-refractivity contribution in [3.63, 3.8) is 0 Å². The molecule has 5 N–H and O–H groups in total. The topological polar surface area (TPSA) is 147 Å². The number of hydrogen-bond donors (Lipinski definition) is 5. The van der Waals surface area contributed by atoms with E-state index >= 15 is 0 Å². The number of aliphatic hydroxyl groups excluding tert-OH is 1. The van der Waals surface area contributed by atoms with Crippen LogP contribution >= 0.6 is 0 Å². The Morgan fingerprint density at radius 1 is 0.708 bits per heavy atom. The summed E-state index contributed by atoms with van der Waals surface area (Å²) < 4.78 is 0. The number of amides is 2. The summed E-state index contributed by atoms with van der Waals surface area (Å²) >= 11 is 0. The SMILES string of the molecule is CO.O=C(NO)c1ccccc1.O=C(NO)c1ccccc1.[O-2].[V]. The molecule has 0 heterocycles. The number of nitrogens with one attached hydrogen (secondary N) is 2. The predicted molar refractivity (Wildman–Crippen MR) is 80.2 cm³/mol. The molecule has 0 aliphatic rings. The van der Waals surface area contributed by atoms with E-state index in [2.05, 4.69) is 0 Å². The van der Waals surface area contributed by atoms with E-state index in [-0.39, 0.29) is 24.0 Å². The number of aliphatic hydroxyl groups is 1. The van der Waals surface area contributed by atoms with E-state index in [0.29, 0.717) is 11.1 Å². The van der Waals surface area contributed by atoms with Gasteiger partial charge in [0.15, 0.2) is 0 Å². The summed E-state index contributed by atoms with van der Waals surface area (Å²) in [4.78, 5) is 21.3. The zero-order chi connectivity index (χ0) is 16.8. The van der Waals surface area contributed by atoms with Crippen molar-refractivity contribution in [3.8, 4) is 0 Å². The van der Waals surface area contributed by atoms with Gasteiger partial charge in [-0.25, -0.2) is 11.0 Å². The Balaban J connectivity index is -0.000000310.